The normalized spacial score (nSPS) is 13.6. The highest BCUT2D eigenvalue weighted by Crippen LogP contribution is 2.31. The topological polar surface area (TPSA) is 30.2 Å². The molecule has 0 spiro atoms. The molecular weight excluding hydrogens is 402 g/mol. The Labute approximate surface area is 205 Å². The van der Waals surface area contributed by atoms with Crippen molar-refractivity contribution in [2.45, 2.75) is 88.5 Å². The van der Waals surface area contributed by atoms with Crippen molar-refractivity contribution >= 4 is 23.1 Å². The lowest BCUT2D eigenvalue weighted by Crippen LogP contribution is -2.05. The quantitative estimate of drug-likeness (QED) is 0.457. The number of aliphatic imine (C=N–C) groups is 1. The van der Waals surface area contributed by atoms with E-state index in [0.29, 0.717) is 0 Å². The highest BCUT2D eigenvalue weighted by molar-refractivity contribution is 6.13. The number of nitrogens with zero attached hydrogens (tertiary/aromatic N) is 3. The SMILES string of the molecule is C.C1=CCCC(c2cncn2C2=C(c3ccccc3)CCCN=C2)=C1.CC.CC.CC.CC. The molecule has 0 N–H and O–H groups in total. The Hall–Kier alpha value is -2.68. The molecule has 2 aromatic rings. The van der Waals surface area contributed by atoms with Crippen LogP contribution in [0.3, 0.4) is 0 Å². The largest absolute Gasteiger partial charge is 0.297 e. The van der Waals surface area contributed by atoms with Gasteiger partial charge in [-0.15, -0.1) is 0 Å². The predicted molar refractivity (Wildman–Crippen MR) is 153 cm³/mol. The van der Waals surface area contributed by atoms with Crippen molar-refractivity contribution in [1.29, 1.82) is 0 Å². The minimum atomic E-state index is 0. The van der Waals surface area contributed by atoms with Gasteiger partial charge in [0.05, 0.1) is 23.9 Å². The minimum Gasteiger partial charge on any atom is -0.297 e. The number of rotatable bonds is 3. The maximum Gasteiger partial charge on any atom is 0.0997 e. The molecule has 0 amide bonds. The third-order valence-corrected chi connectivity index (χ3v) is 4.60. The summed E-state index contributed by atoms with van der Waals surface area (Å²) < 4.78 is 2.21. The Bertz CT molecular complexity index is 836. The molecule has 33 heavy (non-hydrogen) atoms. The highest BCUT2D eigenvalue weighted by Gasteiger charge is 2.17. The van der Waals surface area contributed by atoms with Crippen LogP contribution < -0.4 is 0 Å². The lowest BCUT2D eigenvalue weighted by Gasteiger charge is -2.16. The molecular formula is C30H49N3. The maximum absolute atomic E-state index is 4.61. The van der Waals surface area contributed by atoms with Crippen LogP contribution in [0.5, 0.6) is 0 Å². The van der Waals surface area contributed by atoms with E-state index in [9.17, 15) is 0 Å². The molecule has 4 rings (SSSR count). The third-order valence-electron chi connectivity index (χ3n) is 4.60. The molecule has 3 nitrogen and oxygen atoms in total. The Morgan fingerprint density at radius 3 is 2.12 bits per heavy atom. The van der Waals surface area contributed by atoms with Crippen molar-refractivity contribution in [2.24, 2.45) is 4.99 Å². The first-order chi connectivity index (χ1) is 15.9. The van der Waals surface area contributed by atoms with Crippen molar-refractivity contribution in [3.63, 3.8) is 0 Å². The Morgan fingerprint density at radius 2 is 1.52 bits per heavy atom. The molecule has 1 aromatic carbocycles. The molecule has 2 aliphatic rings. The van der Waals surface area contributed by atoms with Crippen LogP contribution in [0.25, 0.3) is 16.8 Å². The molecule has 0 atom stereocenters. The van der Waals surface area contributed by atoms with Crippen LogP contribution in [-0.2, 0) is 0 Å². The first kappa shape index (κ1) is 32.5. The van der Waals surface area contributed by atoms with E-state index >= 15 is 0 Å². The van der Waals surface area contributed by atoms with Gasteiger partial charge in [-0.2, -0.15) is 0 Å². The summed E-state index contributed by atoms with van der Waals surface area (Å²) in [6.45, 7) is 16.9. The van der Waals surface area contributed by atoms with E-state index in [-0.39, 0.29) is 7.43 Å². The maximum atomic E-state index is 4.61. The van der Waals surface area contributed by atoms with Gasteiger partial charge in [0.25, 0.3) is 0 Å². The number of benzene rings is 1. The standard InChI is InChI=1S/C21H21N3.4C2H6.CH4/c1-3-8-17(9-4-1)19-12-7-13-22-15-21(19)24-16-23-14-20(24)18-10-5-2-6-11-18;4*1-2;/h1-5,8-10,14-16H,6-7,11-13H2;4*1-2H3;1H4. The number of allylic oxidation sites excluding steroid dienone is 6. The van der Waals surface area contributed by atoms with E-state index in [1.165, 1.54) is 22.4 Å². The summed E-state index contributed by atoms with van der Waals surface area (Å²) in [6.07, 6.45) is 16.8. The second-order valence-electron chi connectivity index (χ2n) is 6.18. The predicted octanol–water partition coefficient (Wildman–Crippen LogP) is 9.59. The van der Waals surface area contributed by atoms with Crippen molar-refractivity contribution in [3.8, 4) is 0 Å². The first-order valence-corrected chi connectivity index (χ1v) is 12.6. The Balaban J connectivity index is 0. The van der Waals surface area contributed by atoms with Crippen LogP contribution in [0.15, 0.2) is 66.1 Å². The van der Waals surface area contributed by atoms with Crippen LogP contribution in [0.4, 0.5) is 0 Å². The van der Waals surface area contributed by atoms with Gasteiger partial charge in [-0.05, 0) is 42.4 Å². The lowest BCUT2D eigenvalue weighted by atomic mass is 9.98. The van der Waals surface area contributed by atoms with Crippen molar-refractivity contribution in [3.05, 3.63) is 72.3 Å². The van der Waals surface area contributed by atoms with Gasteiger partial charge in [-0.1, -0.05) is 111 Å². The fourth-order valence-corrected chi connectivity index (χ4v) is 3.38. The van der Waals surface area contributed by atoms with Gasteiger partial charge in [-0.25, -0.2) is 4.98 Å². The minimum absolute atomic E-state index is 0. The molecule has 0 unspecified atom stereocenters. The second-order valence-corrected chi connectivity index (χ2v) is 6.18. The molecule has 1 aliphatic carbocycles. The number of hydrogen-bond acceptors (Lipinski definition) is 2. The van der Waals surface area contributed by atoms with Crippen molar-refractivity contribution in [1.82, 2.24) is 9.55 Å². The van der Waals surface area contributed by atoms with Gasteiger partial charge in [0, 0.05) is 12.8 Å². The van der Waals surface area contributed by atoms with Crippen molar-refractivity contribution < 1.29 is 0 Å². The fourth-order valence-electron chi connectivity index (χ4n) is 3.38. The van der Waals surface area contributed by atoms with Crippen LogP contribution in [0, 0.1) is 0 Å². The summed E-state index contributed by atoms with van der Waals surface area (Å²) in [6, 6.07) is 10.6. The summed E-state index contributed by atoms with van der Waals surface area (Å²) in [5, 5.41) is 0. The van der Waals surface area contributed by atoms with E-state index in [1.54, 1.807) is 0 Å². The van der Waals surface area contributed by atoms with Gasteiger partial charge in [0.1, 0.15) is 0 Å². The molecule has 0 bridgehead atoms. The van der Waals surface area contributed by atoms with Crippen LogP contribution in [-0.4, -0.2) is 22.3 Å². The molecule has 184 valence electrons. The number of hydrogen-bond donors (Lipinski definition) is 0. The molecule has 3 heteroatoms. The van der Waals surface area contributed by atoms with E-state index in [1.807, 2.05) is 74.1 Å². The highest BCUT2D eigenvalue weighted by atomic mass is 15.1. The zero-order valence-electron chi connectivity index (χ0n) is 21.7. The monoisotopic (exact) mass is 451 g/mol. The number of imidazole rings is 1. The smallest absolute Gasteiger partial charge is 0.0997 e. The zero-order chi connectivity index (χ0) is 24.2. The van der Waals surface area contributed by atoms with Gasteiger partial charge in [-0.3, -0.25) is 9.56 Å². The Morgan fingerprint density at radius 1 is 0.848 bits per heavy atom. The summed E-state index contributed by atoms with van der Waals surface area (Å²) in [5.41, 5.74) is 6.30. The van der Waals surface area contributed by atoms with Gasteiger partial charge in [0.2, 0.25) is 0 Å². The molecule has 0 radical (unpaired) electrons. The molecule has 0 saturated heterocycles. The second kappa shape index (κ2) is 21.2. The average molecular weight is 452 g/mol. The molecule has 2 heterocycles. The Kier molecular flexibility index (Phi) is 20.9. The molecule has 1 aliphatic heterocycles. The van der Waals surface area contributed by atoms with Crippen molar-refractivity contribution in [2.75, 3.05) is 6.54 Å². The van der Waals surface area contributed by atoms with Gasteiger partial charge < -0.3 is 0 Å². The third kappa shape index (κ3) is 9.77. The van der Waals surface area contributed by atoms with E-state index < -0.39 is 0 Å². The molecule has 0 fully saturated rings. The fraction of sp³-hybridized carbons (Fsp3) is 0.467. The van der Waals surface area contributed by atoms with E-state index in [0.717, 1.165) is 37.9 Å². The summed E-state index contributed by atoms with van der Waals surface area (Å²) in [7, 11) is 0. The average Bonchev–Trinajstić information content (AvgIpc) is 3.27. The zero-order valence-corrected chi connectivity index (χ0v) is 21.7. The van der Waals surface area contributed by atoms with Crippen LogP contribution in [0.1, 0.15) is 99.8 Å². The number of aromatic nitrogens is 2. The first-order valence-electron chi connectivity index (χ1n) is 12.6. The van der Waals surface area contributed by atoms with Crippen LogP contribution >= 0.6 is 0 Å². The van der Waals surface area contributed by atoms with E-state index in [4.69, 9.17) is 0 Å². The van der Waals surface area contributed by atoms with Crippen LogP contribution in [0.2, 0.25) is 0 Å². The van der Waals surface area contributed by atoms with Gasteiger partial charge >= 0.3 is 0 Å². The van der Waals surface area contributed by atoms with E-state index in [2.05, 4.69) is 63.1 Å². The lowest BCUT2D eigenvalue weighted by molar-refractivity contribution is 0.875. The summed E-state index contributed by atoms with van der Waals surface area (Å²) in [4.78, 5) is 9.04. The molecule has 0 saturated carbocycles. The van der Waals surface area contributed by atoms with Gasteiger partial charge in [0.15, 0.2) is 0 Å². The summed E-state index contributed by atoms with van der Waals surface area (Å²) >= 11 is 0. The summed E-state index contributed by atoms with van der Waals surface area (Å²) in [5.74, 6) is 0. The molecule has 1 aromatic heterocycles.